The molecule has 2 aliphatic carbocycles. The number of amides is 6. The maximum Gasteiger partial charge on any atom is 0.315 e. The van der Waals surface area contributed by atoms with Gasteiger partial charge < -0.3 is 26.6 Å². The largest absolute Gasteiger partial charge is 0.363 e. The van der Waals surface area contributed by atoms with Gasteiger partial charge in [-0.15, -0.1) is 0 Å². The van der Waals surface area contributed by atoms with E-state index in [1.54, 1.807) is 20.8 Å². The molecular weight excluding hydrogens is 642 g/mol. The summed E-state index contributed by atoms with van der Waals surface area (Å²) in [5, 5.41) is 8.44. The van der Waals surface area contributed by atoms with Crippen molar-refractivity contribution in [2.75, 3.05) is 26.2 Å². The summed E-state index contributed by atoms with van der Waals surface area (Å²) >= 11 is 0. The molecule has 0 aromatic carbocycles. The fraction of sp³-hybridized carbons (Fsp3) is 0.812. The number of ketones is 1. The Morgan fingerprint density at radius 3 is 1.98 bits per heavy atom. The van der Waals surface area contributed by atoms with Crippen molar-refractivity contribution >= 4 is 45.7 Å². The topological polar surface area (TPSA) is 208 Å². The Labute approximate surface area is 283 Å². The minimum atomic E-state index is -4.04. The molecule has 4 aliphatic rings. The van der Waals surface area contributed by atoms with Crippen LogP contribution < -0.4 is 21.7 Å². The first-order chi connectivity index (χ1) is 21.9. The fourth-order valence-electron chi connectivity index (χ4n) is 7.34. The molecule has 2 saturated heterocycles. The van der Waals surface area contributed by atoms with Gasteiger partial charge in [0.1, 0.15) is 18.1 Å². The van der Waals surface area contributed by atoms with E-state index < -0.39 is 80.6 Å². The summed E-state index contributed by atoms with van der Waals surface area (Å²) < 4.78 is 27.9. The number of nitrogens with one attached hydrogen (secondary N) is 3. The molecule has 2 aliphatic heterocycles. The summed E-state index contributed by atoms with van der Waals surface area (Å²) in [4.78, 5) is 79.7. The lowest BCUT2D eigenvalue weighted by Crippen LogP contribution is -2.63. The van der Waals surface area contributed by atoms with Crippen molar-refractivity contribution in [3.05, 3.63) is 0 Å². The number of nitrogens with zero attached hydrogens (tertiary/aromatic N) is 3. The number of nitrogens with two attached hydrogens (primary N) is 1. The normalized spacial score (nSPS) is 26.8. The van der Waals surface area contributed by atoms with Crippen LogP contribution in [0, 0.1) is 34.0 Å². The SMILES string of the molecule is CC(=O)N1CCN(C[C@@H](NC(=O)N[C@H](C(=O)N2C[C@H]3[C@@H]([C@H]2C(=O)NC(C(=O)C(N)=O)C2CCC2)C3(C)C)C(C)(C)C)C(C)(C)C)S1(=O)=O. The molecule has 4 fully saturated rings. The van der Waals surface area contributed by atoms with E-state index in [0.29, 0.717) is 12.8 Å². The van der Waals surface area contributed by atoms with E-state index in [-0.39, 0.29) is 49.3 Å². The van der Waals surface area contributed by atoms with Crippen molar-refractivity contribution in [1.82, 2.24) is 29.5 Å². The van der Waals surface area contributed by atoms with Crippen LogP contribution >= 0.6 is 0 Å². The van der Waals surface area contributed by atoms with Crippen LogP contribution in [0.25, 0.3) is 0 Å². The summed E-state index contributed by atoms with van der Waals surface area (Å²) in [6.07, 6.45) is 2.22. The van der Waals surface area contributed by atoms with Crippen LogP contribution in [0.4, 0.5) is 4.79 Å². The van der Waals surface area contributed by atoms with E-state index in [1.165, 1.54) is 11.8 Å². The first-order valence-electron chi connectivity index (χ1n) is 16.7. The van der Waals surface area contributed by atoms with Gasteiger partial charge in [-0.2, -0.15) is 12.7 Å². The lowest BCUT2D eigenvalue weighted by Gasteiger charge is -2.39. The van der Waals surface area contributed by atoms with Crippen LogP contribution in [0.1, 0.15) is 81.6 Å². The highest BCUT2D eigenvalue weighted by Crippen LogP contribution is 2.65. The minimum Gasteiger partial charge on any atom is -0.363 e. The van der Waals surface area contributed by atoms with Crippen LogP contribution in [-0.4, -0.2) is 108 Å². The molecule has 16 heteroatoms. The maximum atomic E-state index is 14.3. The number of urea groups is 1. The molecule has 6 amide bonds. The molecule has 2 heterocycles. The Morgan fingerprint density at radius 1 is 0.917 bits per heavy atom. The Morgan fingerprint density at radius 2 is 1.52 bits per heavy atom. The van der Waals surface area contributed by atoms with Crippen LogP contribution in [0.2, 0.25) is 0 Å². The fourth-order valence-corrected chi connectivity index (χ4v) is 8.90. The van der Waals surface area contributed by atoms with Gasteiger partial charge in [-0.05, 0) is 46.8 Å². The Hall–Kier alpha value is -3.27. The van der Waals surface area contributed by atoms with E-state index in [9.17, 15) is 37.2 Å². The van der Waals surface area contributed by atoms with Crippen LogP contribution in [-0.2, 0) is 34.2 Å². The molecule has 1 unspecified atom stereocenters. The van der Waals surface area contributed by atoms with Gasteiger partial charge in [-0.3, -0.25) is 24.0 Å². The standard InChI is InChI=1S/C32H53N7O8S/c1-17(40)39-14-13-37(48(39,46)47)16-20(30(2,3)4)34-29(45)36-25(31(5,6)7)28(44)38-15-19-21(32(19,8)9)23(38)27(43)35-22(18-11-10-12-18)24(41)26(33)42/h18-23,25H,10-16H2,1-9H3,(H2,33,42)(H,35,43)(H2,34,36,45)/t19-,20+,21-,22?,23-,25+/m0/s1. The third kappa shape index (κ3) is 7.19. The number of rotatable bonds is 10. The molecule has 5 N–H and O–H groups in total. The predicted molar refractivity (Wildman–Crippen MR) is 176 cm³/mol. The van der Waals surface area contributed by atoms with E-state index >= 15 is 0 Å². The highest BCUT2D eigenvalue weighted by atomic mass is 32.2. The van der Waals surface area contributed by atoms with E-state index in [4.69, 9.17) is 5.73 Å². The molecule has 0 aromatic heterocycles. The number of piperidine rings is 1. The van der Waals surface area contributed by atoms with Crippen molar-refractivity contribution in [3.8, 4) is 0 Å². The van der Waals surface area contributed by atoms with Crippen molar-refractivity contribution in [2.45, 2.75) is 106 Å². The molecule has 0 spiro atoms. The molecule has 2 saturated carbocycles. The van der Waals surface area contributed by atoms with Gasteiger partial charge in [0.15, 0.2) is 0 Å². The molecule has 6 atom stereocenters. The second-order valence-corrected chi connectivity index (χ2v) is 18.4. The van der Waals surface area contributed by atoms with Crippen molar-refractivity contribution in [2.24, 2.45) is 39.7 Å². The quantitative estimate of drug-likeness (QED) is 0.234. The maximum absolute atomic E-state index is 14.3. The number of carbonyl (C=O) groups is 6. The molecule has 0 bridgehead atoms. The van der Waals surface area contributed by atoms with E-state index in [2.05, 4.69) is 16.0 Å². The summed E-state index contributed by atoms with van der Waals surface area (Å²) in [6.45, 7) is 16.4. The molecule has 15 nitrogen and oxygen atoms in total. The zero-order valence-corrected chi connectivity index (χ0v) is 30.4. The molecular formula is C32H53N7O8S. The molecule has 270 valence electrons. The van der Waals surface area contributed by atoms with Gasteiger partial charge >= 0.3 is 16.2 Å². The highest BCUT2D eigenvalue weighted by Gasteiger charge is 2.70. The zero-order valence-electron chi connectivity index (χ0n) is 29.6. The van der Waals surface area contributed by atoms with Gasteiger partial charge in [0.2, 0.25) is 23.5 Å². The van der Waals surface area contributed by atoms with Crippen LogP contribution in [0.15, 0.2) is 0 Å². The average molecular weight is 696 g/mol. The number of likely N-dealkylation sites (tertiary alicyclic amines) is 1. The minimum absolute atomic E-state index is 0.0167. The highest BCUT2D eigenvalue weighted by molar-refractivity contribution is 7.87. The molecule has 0 aromatic rings. The lowest BCUT2D eigenvalue weighted by atomic mass is 9.78. The first kappa shape index (κ1) is 37.5. The Kier molecular flexibility index (Phi) is 10.1. The number of fused-ring (bicyclic) bond motifs is 1. The molecule has 48 heavy (non-hydrogen) atoms. The Bertz CT molecular complexity index is 1460. The summed E-state index contributed by atoms with van der Waals surface area (Å²) in [5.74, 6) is -3.90. The number of hydrogen-bond acceptors (Lipinski definition) is 8. The zero-order chi connectivity index (χ0) is 36.3. The van der Waals surface area contributed by atoms with Crippen molar-refractivity contribution in [3.63, 3.8) is 0 Å². The molecule has 4 rings (SSSR count). The Balaban J connectivity index is 1.53. The monoisotopic (exact) mass is 695 g/mol. The van der Waals surface area contributed by atoms with Crippen molar-refractivity contribution in [1.29, 1.82) is 0 Å². The number of primary amides is 1. The molecule has 0 radical (unpaired) electrons. The van der Waals surface area contributed by atoms with Gasteiger partial charge in [0.25, 0.3) is 5.91 Å². The van der Waals surface area contributed by atoms with Crippen LogP contribution in [0.5, 0.6) is 0 Å². The van der Waals surface area contributed by atoms with Gasteiger partial charge in [-0.25, -0.2) is 9.10 Å². The number of hydrogen-bond donors (Lipinski definition) is 4. The smallest absolute Gasteiger partial charge is 0.315 e. The number of carbonyl (C=O) groups excluding carboxylic acids is 6. The lowest BCUT2D eigenvalue weighted by molar-refractivity contribution is -0.145. The van der Waals surface area contributed by atoms with E-state index in [0.717, 1.165) is 15.0 Å². The third-order valence-corrected chi connectivity index (χ3v) is 12.8. The predicted octanol–water partition coefficient (Wildman–Crippen LogP) is 0.346. The van der Waals surface area contributed by atoms with Gasteiger partial charge in [0.05, 0.1) is 6.54 Å². The van der Waals surface area contributed by atoms with E-state index in [1.807, 2.05) is 34.6 Å². The summed E-state index contributed by atoms with van der Waals surface area (Å²) in [7, 11) is -4.04. The third-order valence-electron chi connectivity index (χ3n) is 10.8. The summed E-state index contributed by atoms with van der Waals surface area (Å²) in [6, 6.07) is -4.43. The average Bonchev–Trinajstić information content (AvgIpc) is 3.19. The summed E-state index contributed by atoms with van der Waals surface area (Å²) in [5.41, 5.74) is 3.67. The van der Waals surface area contributed by atoms with Gasteiger partial charge in [0, 0.05) is 32.6 Å². The number of Topliss-reactive ketones (excluding diaryl/α,β-unsaturated/α-hetero) is 1. The second-order valence-electron chi connectivity index (χ2n) is 16.6. The van der Waals surface area contributed by atoms with Crippen molar-refractivity contribution < 1.29 is 37.2 Å². The van der Waals surface area contributed by atoms with Crippen LogP contribution in [0.3, 0.4) is 0 Å². The van der Waals surface area contributed by atoms with Gasteiger partial charge in [-0.1, -0.05) is 61.8 Å². The second kappa shape index (κ2) is 12.9. The first-order valence-corrected chi connectivity index (χ1v) is 18.1.